The molecule has 0 saturated carbocycles. The zero-order chi connectivity index (χ0) is 14.9. The SMILES string of the molecule is O=C1C[C@@H]2CC[C@H](CN1)N2Cc1csc(-c2ccccc2)n1. The average Bonchev–Trinajstić information content (AvgIpc) is 3.10. The van der Waals surface area contributed by atoms with E-state index >= 15 is 0 Å². The van der Waals surface area contributed by atoms with Gasteiger partial charge in [-0.1, -0.05) is 30.3 Å². The molecule has 4 rings (SSSR count). The van der Waals surface area contributed by atoms with Crippen LogP contribution in [0.5, 0.6) is 0 Å². The van der Waals surface area contributed by atoms with Crippen LogP contribution in [-0.4, -0.2) is 34.4 Å². The predicted octanol–water partition coefficient (Wildman–Crippen LogP) is 2.66. The minimum Gasteiger partial charge on any atom is -0.354 e. The van der Waals surface area contributed by atoms with Gasteiger partial charge in [0.15, 0.2) is 0 Å². The summed E-state index contributed by atoms with van der Waals surface area (Å²) in [5, 5.41) is 6.25. The Kier molecular flexibility index (Phi) is 3.68. The molecular formula is C17H19N3OS. The van der Waals surface area contributed by atoms with Crippen molar-refractivity contribution in [3.8, 4) is 10.6 Å². The number of hydrogen-bond donors (Lipinski definition) is 1. The highest BCUT2D eigenvalue weighted by atomic mass is 32.1. The Balaban J connectivity index is 1.52. The first-order valence-corrected chi connectivity index (χ1v) is 8.70. The fraction of sp³-hybridized carbons (Fsp3) is 0.412. The fourth-order valence-corrected chi connectivity index (χ4v) is 4.33. The van der Waals surface area contributed by atoms with E-state index in [1.165, 1.54) is 12.0 Å². The second-order valence-electron chi connectivity index (χ2n) is 6.08. The van der Waals surface area contributed by atoms with E-state index in [0.29, 0.717) is 18.5 Å². The van der Waals surface area contributed by atoms with Gasteiger partial charge in [-0.2, -0.15) is 0 Å². The maximum Gasteiger partial charge on any atom is 0.221 e. The van der Waals surface area contributed by atoms with E-state index in [1.807, 2.05) is 18.2 Å². The zero-order valence-electron chi connectivity index (χ0n) is 12.4. The highest BCUT2D eigenvalue weighted by Crippen LogP contribution is 2.31. The first kappa shape index (κ1) is 13.9. The van der Waals surface area contributed by atoms with Gasteiger partial charge < -0.3 is 5.32 Å². The maximum atomic E-state index is 11.7. The van der Waals surface area contributed by atoms with Crippen LogP contribution in [0.1, 0.15) is 25.0 Å². The minimum absolute atomic E-state index is 0.195. The Bertz CT molecular complexity index is 670. The molecular weight excluding hydrogens is 294 g/mol. The third kappa shape index (κ3) is 2.66. The van der Waals surface area contributed by atoms with E-state index < -0.39 is 0 Å². The summed E-state index contributed by atoms with van der Waals surface area (Å²) < 4.78 is 0. The normalized spacial score (nSPS) is 25.0. The molecule has 114 valence electrons. The molecule has 1 aromatic heterocycles. The average molecular weight is 313 g/mol. The summed E-state index contributed by atoms with van der Waals surface area (Å²) >= 11 is 1.70. The van der Waals surface area contributed by atoms with E-state index in [-0.39, 0.29) is 5.91 Å². The van der Waals surface area contributed by atoms with E-state index in [0.717, 1.165) is 30.2 Å². The molecule has 0 unspecified atom stereocenters. The Morgan fingerprint density at radius 1 is 1.23 bits per heavy atom. The lowest BCUT2D eigenvalue weighted by molar-refractivity contribution is -0.121. The Labute approximate surface area is 134 Å². The number of rotatable bonds is 3. The number of benzene rings is 1. The molecule has 0 aliphatic carbocycles. The summed E-state index contributed by atoms with van der Waals surface area (Å²) in [6.45, 7) is 1.64. The first-order valence-electron chi connectivity index (χ1n) is 7.82. The monoisotopic (exact) mass is 313 g/mol. The van der Waals surface area contributed by atoms with Crippen LogP contribution in [0.25, 0.3) is 10.6 Å². The second kappa shape index (κ2) is 5.82. The lowest BCUT2D eigenvalue weighted by atomic mass is 10.1. The predicted molar refractivity (Wildman–Crippen MR) is 87.5 cm³/mol. The van der Waals surface area contributed by atoms with Gasteiger partial charge in [0.2, 0.25) is 5.91 Å². The van der Waals surface area contributed by atoms with Crippen LogP contribution in [0, 0.1) is 0 Å². The molecule has 22 heavy (non-hydrogen) atoms. The van der Waals surface area contributed by atoms with Gasteiger partial charge in [0.25, 0.3) is 0 Å². The van der Waals surface area contributed by atoms with E-state index in [4.69, 9.17) is 4.98 Å². The van der Waals surface area contributed by atoms with E-state index in [2.05, 4.69) is 27.7 Å². The van der Waals surface area contributed by atoms with Crippen molar-refractivity contribution in [3.63, 3.8) is 0 Å². The van der Waals surface area contributed by atoms with Gasteiger partial charge >= 0.3 is 0 Å². The van der Waals surface area contributed by atoms with Crippen LogP contribution in [-0.2, 0) is 11.3 Å². The van der Waals surface area contributed by atoms with Crippen LogP contribution < -0.4 is 5.32 Å². The molecule has 0 spiro atoms. The molecule has 1 aromatic carbocycles. The largest absolute Gasteiger partial charge is 0.354 e. The number of nitrogens with zero attached hydrogens (tertiary/aromatic N) is 2. The van der Waals surface area contributed by atoms with Crippen molar-refractivity contribution in [2.45, 2.75) is 37.9 Å². The molecule has 2 fully saturated rings. The molecule has 2 aliphatic heterocycles. The van der Waals surface area contributed by atoms with Gasteiger partial charge in [0.1, 0.15) is 5.01 Å². The number of thiazole rings is 1. The van der Waals surface area contributed by atoms with Crippen molar-refractivity contribution in [1.29, 1.82) is 0 Å². The van der Waals surface area contributed by atoms with E-state index in [9.17, 15) is 4.79 Å². The van der Waals surface area contributed by atoms with Gasteiger partial charge in [0, 0.05) is 42.5 Å². The van der Waals surface area contributed by atoms with Crippen molar-refractivity contribution in [1.82, 2.24) is 15.2 Å². The minimum atomic E-state index is 0.195. The topological polar surface area (TPSA) is 45.2 Å². The van der Waals surface area contributed by atoms with Crippen molar-refractivity contribution in [2.24, 2.45) is 0 Å². The number of fused-ring (bicyclic) bond motifs is 2. The van der Waals surface area contributed by atoms with E-state index in [1.54, 1.807) is 11.3 Å². The van der Waals surface area contributed by atoms with Crippen LogP contribution in [0.4, 0.5) is 0 Å². The molecule has 2 bridgehead atoms. The van der Waals surface area contributed by atoms with Gasteiger partial charge in [-0.15, -0.1) is 11.3 Å². The Hall–Kier alpha value is -1.72. The highest BCUT2D eigenvalue weighted by molar-refractivity contribution is 7.13. The van der Waals surface area contributed by atoms with Crippen molar-refractivity contribution < 1.29 is 4.79 Å². The number of nitrogens with one attached hydrogen (secondary N) is 1. The summed E-state index contributed by atoms with van der Waals surface area (Å²) in [4.78, 5) is 19.0. The Morgan fingerprint density at radius 2 is 2.05 bits per heavy atom. The van der Waals surface area contributed by atoms with Gasteiger partial charge in [-0.05, 0) is 12.8 Å². The van der Waals surface area contributed by atoms with Gasteiger partial charge in [0.05, 0.1) is 5.69 Å². The molecule has 3 heterocycles. The quantitative estimate of drug-likeness (QED) is 0.947. The summed E-state index contributed by atoms with van der Waals surface area (Å²) in [6, 6.07) is 11.2. The summed E-state index contributed by atoms with van der Waals surface area (Å²) in [6.07, 6.45) is 2.95. The highest BCUT2D eigenvalue weighted by Gasteiger charge is 2.37. The van der Waals surface area contributed by atoms with Crippen molar-refractivity contribution >= 4 is 17.2 Å². The molecule has 2 atom stereocenters. The summed E-state index contributed by atoms with van der Waals surface area (Å²) in [5.74, 6) is 0.195. The molecule has 2 saturated heterocycles. The first-order chi connectivity index (χ1) is 10.8. The summed E-state index contributed by atoms with van der Waals surface area (Å²) in [5.41, 5.74) is 2.30. The standard InChI is InChI=1S/C17H19N3OS/c21-16-8-14-6-7-15(9-18-16)20(14)10-13-11-22-17(19-13)12-4-2-1-3-5-12/h1-5,11,14-15H,6-10H2,(H,18,21)/t14-,15+/m0/s1. The van der Waals surface area contributed by atoms with Crippen LogP contribution in [0.2, 0.25) is 0 Å². The number of carbonyl (C=O) groups excluding carboxylic acids is 1. The Morgan fingerprint density at radius 3 is 2.91 bits per heavy atom. The lowest BCUT2D eigenvalue weighted by Crippen LogP contribution is -2.37. The number of carbonyl (C=O) groups is 1. The van der Waals surface area contributed by atoms with Crippen LogP contribution in [0.3, 0.4) is 0 Å². The summed E-state index contributed by atoms with van der Waals surface area (Å²) in [7, 11) is 0. The number of aromatic nitrogens is 1. The lowest BCUT2D eigenvalue weighted by Gasteiger charge is -2.25. The van der Waals surface area contributed by atoms with Crippen LogP contribution in [0.15, 0.2) is 35.7 Å². The smallest absolute Gasteiger partial charge is 0.221 e. The molecule has 1 amide bonds. The number of amides is 1. The number of hydrogen-bond acceptors (Lipinski definition) is 4. The van der Waals surface area contributed by atoms with Crippen molar-refractivity contribution in [2.75, 3.05) is 6.54 Å². The molecule has 2 aromatic rings. The zero-order valence-corrected chi connectivity index (χ0v) is 13.2. The molecule has 0 radical (unpaired) electrons. The molecule has 4 nitrogen and oxygen atoms in total. The van der Waals surface area contributed by atoms with Gasteiger partial charge in [-0.3, -0.25) is 9.69 Å². The molecule has 1 N–H and O–H groups in total. The van der Waals surface area contributed by atoms with Crippen molar-refractivity contribution in [3.05, 3.63) is 41.4 Å². The third-order valence-corrected chi connectivity index (χ3v) is 5.58. The van der Waals surface area contributed by atoms with Gasteiger partial charge in [-0.25, -0.2) is 4.98 Å². The second-order valence-corrected chi connectivity index (χ2v) is 6.93. The molecule has 2 aliphatic rings. The third-order valence-electron chi connectivity index (χ3n) is 4.64. The fourth-order valence-electron chi connectivity index (χ4n) is 3.51. The molecule has 5 heteroatoms. The maximum absolute atomic E-state index is 11.7. The van der Waals surface area contributed by atoms with Crippen LogP contribution >= 0.6 is 11.3 Å².